The molecule has 0 bridgehead atoms. The second-order valence-corrected chi connectivity index (χ2v) is 7.88. The average molecular weight is 401 g/mol. The number of hydrogen-bond acceptors (Lipinski definition) is 4. The van der Waals surface area contributed by atoms with E-state index >= 15 is 0 Å². The van der Waals surface area contributed by atoms with Gasteiger partial charge in [-0.15, -0.1) is 11.8 Å². The molecule has 6 nitrogen and oxygen atoms in total. The standard InChI is InChI=1S/C21H24N2O4S/c1-13-6-4-9-18(14(13)2)23-21(27)15(3)28-17-8-5-7-16(12-17)22-19(24)10-11-20(25)26/h4-9,12,15H,10-11H2,1-3H3,(H,22,24)(H,23,27)(H,25,26). The predicted octanol–water partition coefficient (Wildman–Crippen LogP) is 4.23. The van der Waals surface area contributed by atoms with E-state index in [1.807, 2.05) is 45.0 Å². The monoisotopic (exact) mass is 400 g/mol. The molecule has 0 aliphatic heterocycles. The summed E-state index contributed by atoms with van der Waals surface area (Å²) in [5.74, 6) is -1.47. The number of hydrogen-bond donors (Lipinski definition) is 3. The Bertz CT molecular complexity index is 882. The second kappa shape index (κ2) is 9.94. The molecule has 1 unspecified atom stereocenters. The lowest BCUT2D eigenvalue weighted by molar-refractivity contribution is -0.138. The van der Waals surface area contributed by atoms with Crippen molar-refractivity contribution in [1.82, 2.24) is 0 Å². The number of thioether (sulfide) groups is 1. The third-order valence-electron chi connectivity index (χ3n) is 4.23. The molecule has 2 aromatic rings. The summed E-state index contributed by atoms with van der Waals surface area (Å²) >= 11 is 1.38. The summed E-state index contributed by atoms with van der Waals surface area (Å²) < 4.78 is 0. The normalized spacial score (nSPS) is 11.5. The molecular weight excluding hydrogens is 376 g/mol. The predicted molar refractivity (Wildman–Crippen MR) is 112 cm³/mol. The van der Waals surface area contributed by atoms with Gasteiger partial charge in [0.15, 0.2) is 0 Å². The van der Waals surface area contributed by atoms with Crippen LogP contribution in [-0.2, 0) is 14.4 Å². The highest BCUT2D eigenvalue weighted by atomic mass is 32.2. The van der Waals surface area contributed by atoms with E-state index < -0.39 is 5.97 Å². The highest BCUT2D eigenvalue weighted by molar-refractivity contribution is 8.00. The molecule has 0 aromatic heterocycles. The van der Waals surface area contributed by atoms with Crippen molar-refractivity contribution >= 4 is 40.9 Å². The minimum absolute atomic E-state index is 0.0820. The fourth-order valence-corrected chi connectivity index (χ4v) is 3.40. The van der Waals surface area contributed by atoms with Gasteiger partial charge in [0.25, 0.3) is 0 Å². The summed E-state index contributed by atoms with van der Waals surface area (Å²) in [5.41, 5.74) is 3.53. The number of benzene rings is 2. The van der Waals surface area contributed by atoms with Gasteiger partial charge in [-0.1, -0.05) is 18.2 Å². The molecule has 2 amide bonds. The molecule has 28 heavy (non-hydrogen) atoms. The van der Waals surface area contributed by atoms with E-state index in [0.717, 1.165) is 21.7 Å². The number of carboxylic acids is 1. The van der Waals surface area contributed by atoms with Crippen LogP contribution in [0, 0.1) is 13.8 Å². The number of anilines is 2. The maximum atomic E-state index is 12.5. The Labute approximate surface area is 168 Å². The lowest BCUT2D eigenvalue weighted by atomic mass is 10.1. The number of aliphatic carboxylic acids is 1. The molecule has 2 rings (SSSR count). The fourth-order valence-electron chi connectivity index (χ4n) is 2.47. The van der Waals surface area contributed by atoms with E-state index in [0.29, 0.717) is 5.69 Å². The first kappa shape index (κ1) is 21.5. The van der Waals surface area contributed by atoms with Gasteiger partial charge in [0.05, 0.1) is 11.7 Å². The van der Waals surface area contributed by atoms with E-state index in [1.165, 1.54) is 11.8 Å². The van der Waals surface area contributed by atoms with Gasteiger partial charge in [0.2, 0.25) is 11.8 Å². The van der Waals surface area contributed by atoms with Gasteiger partial charge < -0.3 is 15.7 Å². The summed E-state index contributed by atoms with van der Waals surface area (Å²) in [6, 6.07) is 12.9. The highest BCUT2D eigenvalue weighted by Crippen LogP contribution is 2.27. The van der Waals surface area contributed by atoms with Crippen LogP contribution in [0.25, 0.3) is 0 Å². The van der Waals surface area contributed by atoms with Crippen molar-refractivity contribution in [2.24, 2.45) is 0 Å². The number of carboxylic acid groups (broad SMARTS) is 1. The van der Waals surface area contributed by atoms with Crippen LogP contribution in [-0.4, -0.2) is 28.1 Å². The molecule has 148 valence electrons. The van der Waals surface area contributed by atoms with Crippen LogP contribution in [0.5, 0.6) is 0 Å². The largest absolute Gasteiger partial charge is 0.481 e. The van der Waals surface area contributed by atoms with Gasteiger partial charge in [-0.2, -0.15) is 0 Å². The number of amides is 2. The van der Waals surface area contributed by atoms with Crippen molar-refractivity contribution in [1.29, 1.82) is 0 Å². The van der Waals surface area contributed by atoms with Crippen LogP contribution in [0.3, 0.4) is 0 Å². The molecule has 0 saturated heterocycles. The molecule has 0 aliphatic carbocycles. The molecule has 0 radical (unpaired) electrons. The summed E-state index contributed by atoms with van der Waals surface area (Å²) in [4.78, 5) is 35.7. The Kier molecular flexibility index (Phi) is 7.63. The third kappa shape index (κ3) is 6.42. The first-order valence-electron chi connectivity index (χ1n) is 8.91. The summed E-state index contributed by atoms with van der Waals surface area (Å²) in [6.45, 7) is 5.79. The van der Waals surface area contributed by atoms with E-state index in [-0.39, 0.29) is 29.9 Å². The van der Waals surface area contributed by atoms with Crippen LogP contribution in [0.4, 0.5) is 11.4 Å². The topological polar surface area (TPSA) is 95.5 Å². The van der Waals surface area contributed by atoms with Crippen LogP contribution in [0.2, 0.25) is 0 Å². The summed E-state index contributed by atoms with van der Waals surface area (Å²) in [7, 11) is 0. The molecule has 1 atom stereocenters. The van der Waals surface area contributed by atoms with Crippen LogP contribution < -0.4 is 10.6 Å². The first-order chi connectivity index (χ1) is 13.3. The lowest BCUT2D eigenvalue weighted by Gasteiger charge is -2.15. The molecule has 0 fully saturated rings. The molecule has 0 saturated carbocycles. The zero-order valence-electron chi connectivity index (χ0n) is 16.1. The minimum Gasteiger partial charge on any atom is -0.481 e. The Morgan fingerprint density at radius 3 is 2.46 bits per heavy atom. The average Bonchev–Trinajstić information content (AvgIpc) is 2.64. The fraction of sp³-hybridized carbons (Fsp3) is 0.286. The van der Waals surface area contributed by atoms with Crippen molar-refractivity contribution in [2.75, 3.05) is 10.6 Å². The summed E-state index contributed by atoms with van der Waals surface area (Å²) in [6.07, 6.45) is -0.294. The van der Waals surface area contributed by atoms with Gasteiger partial charge in [-0.25, -0.2) is 0 Å². The van der Waals surface area contributed by atoms with Crippen molar-refractivity contribution < 1.29 is 19.5 Å². The van der Waals surface area contributed by atoms with Crippen molar-refractivity contribution in [2.45, 2.75) is 43.8 Å². The maximum Gasteiger partial charge on any atom is 0.303 e. The zero-order valence-corrected chi connectivity index (χ0v) is 16.9. The number of rotatable bonds is 8. The van der Waals surface area contributed by atoms with E-state index in [2.05, 4.69) is 10.6 Å². The van der Waals surface area contributed by atoms with Crippen LogP contribution >= 0.6 is 11.8 Å². The summed E-state index contributed by atoms with van der Waals surface area (Å²) in [5, 5.41) is 13.9. The molecule has 2 aromatic carbocycles. The Morgan fingerprint density at radius 2 is 1.75 bits per heavy atom. The minimum atomic E-state index is -1.01. The number of aryl methyl sites for hydroxylation is 1. The smallest absolute Gasteiger partial charge is 0.303 e. The molecule has 3 N–H and O–H groups in total. The molecule has 0 heterocycles. The zero-order chi connectivity index (χ0) is 20.7. The van der Waals surface area contributed by atoms with E-state index in [1.54, 1.807) is 18.2 Å². The van der Waals surface area contributed by atoms with Crippen LogP contribution in [0.1, 0.15) is 30.9 Å². The third-order valence-corrected chi connectivity index (χ3v) is 5.32. The van der Waals surface area contributed by atoms with Gasteiger partial charge in [-0.05, 0) is 56.2 Å². The van der Waals surface area contributed by atoms with Gasteiger partial charge in [0.1, 0.15) is 0 Å². The Morgan fingerprint density at radius 1 is 1.04 bits per heavy atom. The number of carbonyl (C=O) groups is 3. The molecular formula is C21H24N2O4S. The van der Waals surface area contributed by atoms with Gasteiger partial charge in [-0.3, -0.25) is 14.4 Å². The first-order valence-corrected chi connectivity index (χ1v) is 9.79. The van der Waals surface area contributed by atoms with E-state index in [9.17, 15) is 14.4 Å². The quantitative estimate of drug-likeness (QED) is 0.577. The lowest BCUT2D eigenvalue weighted by Crippen LogP contribution is -2.23. The molecule has 7 heteroatoms. The van der Waals surface area contributed by atoms with Crippen LogP contribution in [0.15, 0.2) is 47.4 Å². The van der Waals surface area contributed by atoms with E-state index in [4.69, 9.17) is 5.11 Å². The van der Waals surface area contributed by atoms with Gasteiger partial charge in [0, 0.05) is 22.7 Å². The van der Waals surface area contributed by atoms with Crippen molar-refractivity contribution in [3.05, 3.63) is 53.6 Å². The molecule has 0 aliphatic rings. The second-order valence-electron chi connectivity index (χ2n) is 6.47. The SMILES string of the molecule is Cc1cccc(NC(=O)C(C)Sc2cccc(NC(=O)CCC(=O)O)c2)c1C. The number of carbonyl (C=O) groups excluding carboxylic acids is 2. The van der Waals surface area contributed by atoms with Crippen molar-refractivity contribution in [3.8, 4) is 0 Å². The van der Waals surface area contributed by atoms with Crippen molar-refractivity contribution in [3.63, 3.8) is 0 Å². The Balaban J connectivity index is 1.96. The van der Waals surface area contributed by atoms with Gasteiger partial charge >= 0.3 is 5.97 Å². The number of nitrogens with one attached hydrogen (secondary N) is 2. The Hall–Kier alpha value is -2.80. The maximum absolute atomic E-state index is 12.5. The highest BCUT2D eigenvalue weighted by Gasteiger charge is 2.16. The molecule has 0 spiro atoms.